The highest BCUT2D eigenvalue weighted by Crippen LogP contribution is 2.09. The van der Waals surface area contributed by atoms with Gasteiger partial charge < -0.3 is 14.5 Å². The number of hydrogen-bond donors (Lipinski definition) is 1. The summed E-state index contributed by atoms with van der Waals surface area (Å²) in [5, 5.41) is 0. The van der Waals surface area contributed by atoms with Crippen molar-refractivity contribution >= 4 is 12.1 Å². The Morgan fingerprint density at radius 2 is 1.78 bits per heavy atom. The second kappa shape index (κ2) is 6.58. The zero-order valence-electron chi connectivity index (χ0n) is 11.3. The molecule has 1 heterocycles. The fourth-order valence-corrected chi connectivity index (χ4v) is 1.68. The van der Waals surface area contributed by atoms with Gasteiger partial charge in [-0.05, 0) is 40.0 Å². The van der Waals surface area contributed by atoms with Gasteiger partial charge in [0, 0.05) is 13.1 Å². The molecule has 1 amide bonds. The van der Waals surface area contributed by atoms with Gasteiger partial charge in [-0.25, -0.2) is 4.79 Å². The number of piperidine rings is 1. The average molecular weight is 258 g/mol. The van der Waals surface area contributed by atoms with E-state index in [-0.39, 0.29) is 6.54 Å². The summed E-state index contributed by atoms with van der Waals surface area (Å²) in [5.74, 6) is -0.450. The van der Waals surface area contributed by atoms with Gasteiger partial charge in [0.1, 0.15) is 12.1 Å². The molecule has 1 fully saturated rings. The van der Waals surface area contributed by atoms with Gasteiger partial charge in [0.25, 0.3) is 0 Å². The first-order valence-corrected chi connectivity index (χ1v) is 6.29. The largest absolute Gasteiger partial charge is 0.459 e. The highest BCUT2D eigenvalue weighted by molar-refractivity contribution is 5.72. The summed E-state index contributed by atoms with van der Waals surface area (Å²) < 4.78 is 5.06. The molecule has 104 valence electrons. The van der Waals surface area contributed by atoms with Crippen molar-refractivity contribution in [1.82, 2.24) is 10.4 Å². The van der Waals surface area contributed by atoms with E-state index in [4.69, 9.17) is 9.57 Å². The summed E-state index contributed by atoms with van der Waals surface area (Å²) in [5.41, 5.74) is 1.81. The van der Waals surface area contributed by atoms with E-state index in [0.717, 1.165) is 19.3 Å². The van der Waals surface area contributed by atoms with Crippen molar-refractivity contribution in [3.8, 4) is 0 Å². The molecule has 1 aliphatic heterocycles. The summed E-state index contributed by atoms with van der Waals surface area (Å²) in [6.45, 7) is 6.64. The third-order valence-electron chi connectivity index (χ3n) is 2.41. The Balaban J connectivity index is 2.17. The Kier molecular flexibility index (Phi) is 5.40. The molecule has 0 radical (unpaired) electrons. The highest BCUT2D eigenvalue weighted by atomic mass is 16.7. The second-order valence-corrected chi connectivity index (χ2v) is 5.32. The van der Waals surface area contributed by atoms with E-state index in [0.29, 0.717) is 13.1 Å². The van der Waals surface area contributed by atoms with Crippen LogP contribution in [0.2, 0.25) is 0 Å². The Hall–Kier alpha value is -1.30. The zero-order chi connectivity index (χ0) is 13.6. The summed E-state index contributed by atoms with van der Waals surface area (Å²) in [7, 11) is 0. The molecule has 0 spiro atoms. The van der Waals surface area contributed by atoms with Crippen molar-refractivity contribution < 1.29 is 19.2 Å². The predicted octanol–water partition coefficient (Wildman–Crippen LogP) is 1.46. The molecule has 1 N–H and O–H groups in total. The van der Waals surface area contributed by atoms with Gasteiger partial charge in [0.05, 0.1) is 0 Å². The summed E-state index contributed by atoms with van der Waals surface area (Å²) in [6.07, 6.45) is 2.72. The number of esters is 1. The van der Waals surface area contributed by atoms with Gasteiger partial charge >= 0.3 is 12.1 Å². The third-order valence-corrected chi connectivity index (χ3v) is 2.41. The Bertz CT molecular complexity index is 293. The van der Waals surface area contributed by atoms with Crippen LogP contribution in [0.4, 0.5) is 4.79 Å². The maximum Gasteiger partial charge on any atom is 0.428 e. The van der Waals surface area contributed by atoms with Crippen LogP contribution in [0.25, 0.3) is 0 Å². The second-order valence-electron chi connectivity index (χ2n) is 5.32. The average Bonchev–Trinajstić information content (AvgIpc) is 2.27. The van der Waals surface area contributed by atoms with Gasteiger partial charge in [-0.3, -0.25) is 4.79 Å². The minimum absolute atomic E-state index is 0.142. The smallest absolute Gasteiger partial charge is 0.428 e. The molecule has 0 aromatic rings. The van der Waals surface area contributed by atoms with Crippen molar-refractivity contribution in [2.45, 2.75) is 45.6 Å². The van der Waals surface area contributed by atoms with E-state index in [1.165, 1.54) is 0 Å². The van der Waals surface area contributed by atoms with Crippen LogP contribution in [-0.4, -0.2) is 42.2 Å². The summed E-state index contributed by atoms with van der Waals surface area (Å²) in [4.78, 5) is 29.3. The lowest BCUT2D eigenvalue weighted by molar-refractivity contribution is -0.155. The van der Waals surface area contributed by atoms with Crippen molar-refractivity contribution in [3.05, 3.63) is 0 Å². The minimum Gasteiger partial charge on any atom is -0.459 e. The molecule has 0 saturated carbocycles. The first-order valence-electron chi connectivity index (χ1n) is 6.29. The van der Waals surface area contributed by atoms with Crippen LogP contribution in [0.15, 0.2) is 0 Å². The van der Waals surface area contributed by atoms with Gasteiger partial charge in [0.15, 0.2) is 0 Å². The molecule has 0 atom stereocenters. The number of nitrogens with zero attached hydrogens (tertiary/aromatic N) is 1. The minimum atomic E-state index is -0.532. The monoisotopic (exact) mass is 258 g/mol. The van der Waals surface area contributed by atoms with Crippen LogP contribution in [0, 0.1) is 0 Å². The molecule has 0 aliphatic carbocycles. The number of likely N-dealkylation sites (tertiary alicyclic amines) is 1. The van der Waals surface area contributed by atoms with Gasteiger partial charge in [0.2, 0.25) is 0 Å². The van der Waals surface area contributed by atoms with Crippen LogP contribution in [0.5, 0.6) is 0 Å². The molecule has 0 aromatic carbocycles. The van der Waals surface area contributed by atoms with Crippen molar-refractivity contribution in [3.63, 3.8) is 0 Å². The number of rotatable bonds is 3. The van der Waals surface area contributed by atoms with Crippen LogP contribution < -0.4 is 5.48 Å². The van der Waals surface area contributed by atoms with E-state index < -0.39 is 17.7 Å². The first kappa shape index (κ1) is 14.8. The number of ether oxygens (including phenoxy) is 1. The summed E-state index contributed by atoms with van der Waals surface area (Å²) in [6, 6.07) is 0. The van der Waals surface area contributed by atoms with E-state index in [2.05, 4.69) is 5.48 Å². The molecule has 0 unspecified atom stereocenters. The predicted molar refractivity (Wildman–Crippen MR) is 65.8 cm³/mol. The first-order chi connectivity index (χ1) is 8.38. The summed E-state index contributed by atoms with van der Waals surface area (Å²) >= 11 is 0. The fraction of sp³-hybridized carbons (Fsp3) is 0.833. The lowest BCUT2D eigenvalue weighted by atomic mass is 10.1. The molecular weight excluding hydrogens is 236 g/mol. The molecule has 0 bridgehead atoms. The standard InChI is InChI=1S/C12H22N2O4/c1-12(2,3)17-10(15)9-13-18-11(16)14-7-5-4-6-8-14/h13H,4-9H2,1-3H3. The van der Waals surface area contributed by atoms with Gasteiger partial charge in [-0.15, -0.1) is 5.48 Å². The van der Waals surface area contributed by atoms with Gasteiger partial charge in [-0.1, -0.05) is 0 Å². The molecule has 1 saturated heterocycles. The molecule has 1 rings (SSSR count). The Morgan fingerprint density at radius 3 is 2.33 bits per heavy atom. The highest BCUT2D eigenvalue weighted by Gasteiger charge is 2.19. The van der Waals surface area contributed by atoms with Crippen LogP contribution >= 0.6 is 0 Å². The maximum atomic E-state index is 11.6. The fourth-order valence-electron chi connectivity index (χ4n) is 1.68. The number of hydrogen-bond acceptors (Lipinski definition) is 5. The number of carbonyl (C=O) groups excluding carboxylic acids is 2. The molecular formula is C12H22N2O4. The van der Waals surface area contributed by atoms with Crippen molar-refractivity contribution in [1.29, 1.82) is 0 Å². The van der Waals surface area contributed by atoms with Crippen molar-refractivity contribution in [2.75, 3.05) is 19.6 Å². The molecule has 6 heteroatoms. The molecule has 1 aliphatic rings. The van der Waals surface area contributed by atoms with Crippen molar-refractivity contribution in [2.24, 2.45) is 0 Å². The number of hydroxylamine groups is 1. The van der Waals surface area contributed by atoms with E-state index in [9.17, 15) is 9.59 Å². The normalized spacial score (nSPS) is 16.3. The Labute approximate surface area is 108 Å². The van der Waals surface area contributed by atoms with E-state index in [1.54, 1.807) is 25.7 Å². The molecule has 6 nitrogen and oxygen atoms in total. The van der Waals surface area contributed by atoms with Gasteiger partial charge in [-0.2, -0.15) is 0 Å². The number of amides is 1. The lowest BCUT2D eigenvalue weighted by Crippen LogP contribution is -2.40. The topological polar surface area (TPSA) is 67.9 Å². The quantitative estimate of drug-likeness (QED) is 0.613. The third kappa shape index (κ3) is 5.86. The lowest BCUT2D eigenvalue weighted by Gasteiger charge is -2.25. The molecule has 18 heavy (non-hydrogen) atoms. The van der Waals surface area contributed by atoms with Crippen LogP contribution in [0.3, 0.4) is 0 Å². The van der Waals surface area contributed by atoms with Crippen LogP contribution in [0.1, 0.15) is 40.0 Å². The van der Waals surface area contributed by atoms with E-state index >= 15 is 0 Å². The van der Waals surface area contributed by atoms with Crippen LogP contribution in [-0.2, 0) is 14.4 Å². The number of carbonyl (C=O) groups is 2. The van der Waals surface area contributed by atoms with E-state index in [1.807, 2.05) is 0 Å². The SMILES string of the molecule is CC(C)(C)OC(=O)CNOC(=O)N1CCCCC1. The molecule has 0 aromatic heterocycles. The maximum absolute atomic E-state index is 11.6. The zero-order valence-corrected chi connectivity index (χ0v) is 11.3. The number of nitrogens with one attached hydrogen (secondary N) is 1. The Morgan fingerprint density at radius 1 is 1.17 bits per heavy atom.